The number of rotatable bonds is 5. The zero-order valence-corrected chi connectivity index (χ0v) is 12.9. The fourth-order valence-corrected chi connectivity index (χ4v) is 2.51. The van der Waals surface area contributed by atoms with Crippen LogP contribution < -0.4 is 16.0 Å². The molecule has 3 N–H and O–H groups in total. The van der Waals surface area contributed by atoms with Crippen LogP contribution in [0.25, 0.3) is 0 Å². The van der Waals surface area contributed by atoms with Gasteiger partial charge in [0.2, 0.25) is 0 Å². The van der Waals surface area contributed by atoms with Gasteiger partial charge >= 0.3 is 0 Å². The van der Waals surface area contributed by atoms with Crippen LogP contribution in [0.1, 0.15) is 17.2 Å². The first kappa shape index (κ1) is 16.0. The quantitative estimate of drug-likeness (QED) is 0.646. The smallest absolute Gasteiger partial charge is 0.125 e. The lowest BCUT2D eigenvalue weighted by Crippen LogP contribution is -2.30. The van der Waals surface area contributed by atoms with E-state index in [4.69, 9.17) is 33.8 Å². The van der Waals surface area contributed by atoms with Crippen molar-refractivity contribution in [3.05, 3.63) is 63.4 Å². The van der Waals surface area contributed by atoms with Gasteiger partial charge in [-0.05, 0) is 42.3 Å². The fourth-order valence-electron chi connectivity index (χ4n) is 2.15. The summed E-state index contributed by atoms with van der Waals surface area (Å²) in [5.74, 6) is 5.90. The van der Waals surface area contributed by atoms with E-state index < -0.39 is 0 Å². The second-order valence-electron chi connectivity index (χ2n) is 4.55. The standard InChI is InChI=1S/C15H15Cl2FN2O/c1-21-15-8-10(16)2-4-12(15)14(20-19)7-9-6-11(18)3-5-13(9)17/h2-6,8,14,20H,7,19H2,1H3. The Morgan fingerprint density at radius 2 is 2.00 bits per heavy atom. The minimum absolute atomic E-state index is 0.281. The van der Waals surface area contributed by atoms with E-state index in [1.807, 2.05) is 6.07 Å². The molecule has 0 spiro atoms. The van der Waals surface area contributed by atoms with Crippen molar-refractivity contribution in [1.82, 2.24) is 5.43 Å². The van der Waals surface area contributed by atoms with Gasteiger partial charge in [0, 0.05) is 15.6 Å². The van der Waals surface area contributed by atoms with Crippen molar-refractivity contribution in [3.8, 4) is 5.75 Å². The summed E-state index contributed by atoms with van der Waals surface area (Å²) in [6, 6.07) is 9.23. The van der Waals surface area contributed by atoms with E-state index in [9.17, 15) is 4.39 Å². The average molecular weight is 329 g/mol. The maximum Gasteiger partial charge on any atom is 0.125 e. The first-order chi connectivity index (χ1) is 10.0. The van der Waals surface area contributed by atoms with Crippen molar-refractivity contribution >= 4 is 23.2 Å². The molecule has 2 aromatic carbocycles. The van der Waals surface area contributed by atoms with Crippen LogP contribution in [0.5, 0.6) is 5.75 Å². The SMILES string of the molecule is COc1cc(Cl)ccc1C(Cc1cc(F)ccc1Cl)NN. The van der Waals surface area contributed by atoms with Crippen LogP contribution in [0.3, 0.4) is 0 Å². The van der Waals surface area contributed by atoms with Crippen molar-refractivity contribution in [2.75, 3.05) is 7.11 Å². The Bertz CT molecular complexity index is 637. The summed E-state index contributed by atoms with van der Waals surface area (Å²) >= 11 is 12.0. The third kappa shape index (κ3) is 3.86. The van der Waals surface area contributed by atoms with Gasteiger partial charge in [0.05, 0.1) is 13.2 Å². The van der Waals surface area contributed by atoms with Crippen LogP contribution in [0, 0.1) is 5.82 Å². The number of ether oxygens (including phenoxy) is 1. The van der Waals surface area contributed by atoms with E-state index in [0.717, 1.165) is 5.56 Å². The van der Waals surface area contributed by atoms with Gasteiger partial charge in [-0.15, -0.1) is 0 Å². The second kappa shape index (κ2) is 7.09. The number of hydrogen-bond donors (Lipinski definition) is 2. The molecule has 112 valence electrons. The first-order valence-corrected chi connectivity index (χ1v) is 7.04. The van der Waals surface area contributed by atoms with E-state index in [-0.39, 0.29) is 11.9 Å². The molecule has 0 saturated heterocycles. The predicted molar refractivity (Wildman–Crippen MR) is 83.2 cm³/mol. The molecular formula is C15H15Cl2FN2O. The summed E-state index contributed by atoms with van der Waals surface area (Å²) in [6.07, 6.45) is 0.422. The molecule has 0 fully saturated rings. The Hall–Kier alpha value is -1.33. The Labute approximate surface area is 132 Å². The van der Waals surface area contributed by atoms with E-state index in [1.54, 1.807) is 19.2 Å². The van der Waals surface area contributed by atoms with Crippen LogP contribution in [0.2, 0.25) is 10.0 Å². The van der Waals surface area contributed by atoms with Gasteiger partial charge in [0.15, 0.2) is 0 Å². The van der Waals surface area contributed by atoms with Crippen LogP contribution in [0.4, 0.5) is 4.39 Å². The molecule has 0 aliphatic heterocycles. The van der Waals surface area contributed by atoms with Crippen molar-refractivity contribution in [1.29, 1.82) is 0 Å². The highest BCUT2D eigenvalue weighted by molar-refractivity contribution is 6.31. The van der Waals surface area contributed by atoms with E-state index in [0.29, 0.717) is 27.8 Å². The average Bonchev–Trinajstić information content (AvgIpc) is 2.48. The van der Waals surface area contributed by atoms with Crippen molar-refractivity contribution in [2.24, 2.45) is 5.84 Å². The summed E-state index contributed by atoms with van der Waals surface area (Å²) in [5, 5.41) is 1.06. The molecule has 0 heterocycles. The summed E-state index contributed by atoms with van der Waals surface area (Å²) < 4.78 is 18.7. The van der Waals surface area contributed by atoms with Gasteiger partial charge in [0.25, 0.3) is 0 Å². The van der Waals surface area contributed by atoms with Gasteiger partial charge in [-0.3, -0.25) is 11.3 Å². The molecule has 21 heavy (non-hydrogen) atoms. The lowest BCUT2D eigenvalue weighted by molar-refractivity contribution is 0.399. The van der Waals surface area contributed by atoms with Gasteiger partial charge in [-0.25, -0.2) is 4.39 Å². The molecule has 1 atom stereocenters. The molecule has 0 aliphatic rings. The van der Waals surface area contributed by atoms with Crippen molar-refractivity contribution in [3.63, 3.8) is 0 Å². The summed E-state index contributed by atoms with van der Waals surface area (Å²) in [5.41, 5.74) is 4.19. The summed E-state index contributed by atoms with van der Waals surface area (Å²) in [4.78, 5) is 0. The minimum Gasteiger partial charge on any atom is -0.496 e. The highest BCUT2D eigenvalue weighted by Crippen LogP contribution is 2.31. The third-order valence-corrected chi connectivity index (χ3v) is 3.81. The molecule has 1 unspecified atom stereocenters. The van der Waals surface area contributed by atoms with E-state index in [1.165, 1.54) is 18.2 Å². The number of hydrazine groups is 1. The Morgan fingerprint density at radius 1 is 1.24 bits per heavy atom. The molecule has 3 nitrogen and oxygen atoms in total. The number of halogens is 3. The summed E-state index contributed by atoms with van der Waals surface area (Å²) in [7, 11) is 1.55. The number of nitrogens with one attached hydrogen (secondary N) is 1. The van der Waals surface area contributed by atoms with Crippen LogP contribution in [-0.4, -0.2) is 7.11 Å². The molecule has 0 aromatic heterocycles. The number of benzene rings is 2. The third-order valence-electron chi connectivity index (χ3n) is 3.20. The molecule has 0 aliphatic carbocycles. The van der Waals surface area contributed by atoms with Crippen LogP contribution in [-0.2, 0) is 6.42 Å². The molecule has 0 radical (unpaired) electrons. The minimum atomic E-state index is -0.340. The lowest BCUT2D eigenvalue weighted by atomic mass is 9.98. The predicted octanol–water partition coefficient (Wildman–Crippen LogP) is 3.89. The highest BCUT2D eigenvalue weighted by atomic mass is 35.5. The number of methoxy groups -OCH3 is 1. The molecule has 2 aromatic rings. The van der Waals surface area contributed by atoms with Crippen molar-refractivity contribution in [2.45, 2.75) is 12.5 Å². The normalized spacial score (nSPS) is 12.2. The van der Waals surface area contributed by atoms with Crippen molar-refractivity contribution < 1.29 is 9.13 Å². The molecule has 0 saturated carbocycles. The zero-order chi connectivity index (χ0) is 15.4. The first-order valence-electron chi connectivity index (χ1n) is 6.28. The molecule has 0 amide bonds. The van der Waals surface area contributed by atoms with Crippen LogP contribution >= 0.6 is 23.2 Å². The van der Waals surface area contributed by atoms with Crippen LogP contribution in [0.15, 0.2) is 36.4 Å². The number of nitrogens with two attached hydrogens (primary N) is 1. The van der Waals surface area contributed by atoms with E-state index >= 15 is 0 Å². The monoisotopic (exact) mass is 328 g/mol. The second-order valence-corrected chi connectivity index (χ2v) is 5.39. The fraction of sp³-hybridized carbons (Fsp3) is 0.200. The zero-order valence-electron chi connectivity index (χ0n) is 11.4. The van der Waals surface area contributed by atoms with Gasteiger partial charge < -0.3 is 4.74 Å². The lowest BCUT2D eigenvalue weighted by Gasteiger charge is -2.20. The van der Waals surface area contributed by atoms with E-state index in [2.05, 4.69) is 5.43 Å². The molecule has 2 rings (SSSR count). The summed E-state index contributed by atoms with van der Waals surface area (Å²) in [6.45, 7) is 0. The topological polar surface area (TPSA) is 47.3 Å². The largest absolute Gasteiger partial charge is 0.496 e. The maximum atomic E-state index is 13.3. The Balaban J connectivity index is 2.34. The maximum absolute atomic E-state index is 13.3. The van der Waals surface area contributed by atoms with Gasteiger partial charge in [0.1, 0.15) is 11.6 Å². The highest BCUT2D eigenvalue weighted by Gasteiger charge is 2.17. The number of hydrogen-bond acceptors (Lipinski definition) is 3. The molecule has 0 bridgehead atoms. The Kier molecular flexibility index (Phi) is 5.42. The molecule has 6 heteroatoms. The molecular weight excluding hydrogens is 314 g/mol. The Morgan fingerprint density at radius 3 is 2.67 bits per heavy atom. The van der Waals surface area contributed by atoms with Gasteiger partial charge in [-0.2, -0.15) is 0 Å². The van der Waals surface area contributed by atoms with Gasteiger partial charge in [-0.1, -0.05) is 29.3 Å².